The third kappa shape index (κ3) is 3.79. The molecule has 0 bridgehead atoms. The van der Waals surface area contributed by atoms with Crippen LogP contribution in [0.25, 0.3) is 10.6 Å². The van der Waals surface area contributed by atoms with Crippen molar-refractivity contribution in [2.24, 2.45) is 0 Å². The number of thiazole rings is 1. The first-order valence-corrected chi connectivity index (χ1v) is 9.01. The van der Waals surface area contributed by atoms with Gasteiger partial charge in [0.25, 0.3) is 0 Å². The Kier molecular flexibility index (Phi) is 5.08. The summed E-state index contributed by atoms with van der Waals surface area (Å²) in [6.07, 6.45) is 2.60. The lowest BCUT2D eigenvalue weighted by molar-refractivity contribution is -0.131. The van der Waals surface area contributed by atoms with Crippen molar-refractivity contribution in [3.8, 4) is 10.6 Å². The van der Waals surface area contributed by atoms with Gasteiger partial charge < -0.3 is 10.2 Å². The van der Waals surface area contributed by atoms with E-state index in [0.717, 1.165) is 42.2 Å². The summed E-state index contributed by atoms with van der Waals surface area (Å²) in [7, 11) is 1.94. The molecule has 0 saturated carbocycles. The van der Waals surface area contributed by atoms with Crippen molar-refractivity contribution in [2.45, 2.75) is 32.2 Å². The number of carbonyl (C=O) groups is 1. The minimum Gasteiger partial charge on any atom is -0.338 e. The van der Waals surface area contributed by atoms with E-state index in [2.05, 4.69) is 35.4 Å². The molecule has 0 spiro atoms. The monoisotopic (exact) mass is 329 g/mol. The average molecular weight is 329 g/mol. The van der Waals surface area contributed by atoms with Crippen LogP contribution in [0.2, 0.25) is 0 Å². The van der Waals surface area contributed by atoms with Crippen LogP contribution in [0.1, 0.15) is 24.1 Å². The van der Waals surface area contributed by atoms with Gasteiger partial charge in [-0.25, -0.2) is 4.98 Å². The molecule has 1 atom stereocenters. The van der Waals surface area contributed by atoms with E-state index < -0.39 is 0 Å². The molecule has 1 N–H and O–H groups in total. The molecule has 4 nitrogen and oxygen atoms in total. The summed E-state index contributed by atoms with van der Waals surface area (Å²) < 4.78 is 0. The minimum atomic E-state index is 0.198. The third-order valence-corrected chi connectivity index (χ3v) is 5.23. The Morgan fingerprint density at radius 2 is 2.35 bits per heavy atom. The van der Waals surface area contributed by atoms with Gasteiger partial charge in [0.05, 0.1) is 12.1 Å². The van der Waals surface area contributed by atoms with Crippen LogP contribution in [0.3, 0.4) is 0 Å². The SMILES string of the molecule is CNCC1CCCN1C(=O)Cc1csc(-c2cccc(C)c2)n1. The quantitative estimate of drug-likeness (QED) is 0.917. The highest BCUT2D eigenvalue weighted by molar-refractivity contribution is 7.13. The van der Waals surface area contributed by atoms with Gasteiger partial charge in [0, 0.05) is 30.1 Å². The highest BCUT2D eigenvalue weighted by atomic mass is 32.1. The molecule has 122 valence electrons. The molecule has 1 aromatic heterocycles. The van der Waals surface area contributed by atoms with E-state index in [1.54, 1.807) is 11.3 Å². The zero-order valence-corrected chi connectivity index (χ0v) is 14.5. The molecule has 1 aliphatic heterocycles. The van der Waals surface area contributed by atoms with Gasteiger partial charge in [-0.05, 0) is 32.9 Å². The molecule has 1 amide bonds. The maximum atomic E-state index is 12.6. The predicted octanol–water partition coefficient (Wildman–Crippen LogP) is 2.87. The van der Waals surface area contributed by atoms with Crippen molar-refractivity contribution in [3.05, 3.63) is 40.9 Å². The molecular weight excluding hydrogens is 306 g/mol. The second-order valence-corrected chi connectivity index (χ2v) is 6.99. The standard InChI is InChI=1S/C18H23N3OS/c1-13-5-3-6-14(9-13)18-20-15(12-23-18)10-17(22)21-8-4-7-16(21)11-19-2/h3,5-6,9,12,16,19H,4,7-8,10-11H2,1-2H3. The number of likely N-dealkylation sites (tertiary alicyclic amines) is 1. The Bertz CT molecular complexity index is 682. The number of nitrogens with zero attached hydrogens (tertiary/aromatic N) is 2. The molecule has 1 saturated heterocycles. The topological polar surface area (TPSA) is 45.2 Å². The van der Waals surface area contributed by atoms with Gasteiger partial charge in [-0.3, -0.25) is 4.79 Å². The van der Waals surface area contributed by atoms with E-state index in [4.69, 9.17) is 0 Å². The van der Waals surface area contributed by atoms with Crippen molar-refractivity contribution in [2.75, 3.05) is 20.1 Å². The molecular formula is C18H23N3OS. The van der Waals surface area contributed by atoms with Crippen molar-refractivity contribution in [3.63, 3.8) is 0 Å². The van der Waals surface area contributed by atoms with Crippen LogP contribution < -0.4 is 5.32 Å². The summed E-state index contributed by atoms with van der Waals surface area (Å²) in [5, 5.41) is 6.18. The van der Waals surface area contributed by atoms with Crippen molar-refractivity contribution in [1.29, 1.82) is 0 Å². The zero-order chi connectivity index (χ0) is 16.2. The number of likely N-dealkylation sites (N-methyl/N-ethyl adjacent to an activating group) is 1. The third-order valence-electron chi connectivity index (χ3n) is 4.29. The summed E-state index contributed by atoms with van der Waals surface area (Å²) in [6.45, 7) is 3.83. The van der Waals surface area contributed by atoms with Gasteiger partial charge >= 0.3 is 0 Å². The van der Waals surface area contributed by atoms with Crippen molar-refractivity contribution in [1.82, 2.24) is 15.2 Å². The van der Waals surface area contributed by atoms with Crippen LogP contribution in [-0.2, 0) is 11.2 Å². The number of benzene rings is 1. The molecule has 1 aromatic carbocycles. The van der Waals surface area contributed by atoms with E-state index in [9.17, 15) is 4.79 Å². The Morgan fingerprint density at radius 1 is 1.48 bits per heavy atom. The van der Waals surface area contributed by atoms with E-state index in [0.29, 0.717) is 12.5 Å². The first-order valence-electron chi connectivity index (χ1n) is 8.13. The maximum absolute atomic E-state index is 12.6. The fourth-order valence-electron chi connectivity index (χ4n) is 3.17. The molecule has 1 aliphatic rings. The van der Waals surface area contributed by atoms with E-state index >= 15 is 0 Å². The molecule has 0 radical (unpaired) electrons. The van der Waals surface area contributed by atoms with Gasteiger partial charge in [0.15, 0.2) is 0 Å². The van der Waals surface area contributed by atoms with Gasteiger partial charge in [0.2, 0.25) is 5.91 Å². The lowest BCUT2D eigenvalue weighted by Crippen LogP contribution is -2.41. The number of hydrogen-bond acceptors (Lipinski definition) is 4. The number of rotatable bonds is 5. The molecule has 2 heterocycles. The van der Waals surface area contributed by atoms with Gasteiger partial charge in [0.1, 0.15) is 5.01 Å². The molecule has 3 rings (SSSR count). The average Bonchev–Trinajstić information content (AvgIpc) is 3.17. The van der Waals surface area contributed by atoms with Crippen molar-refractivity contribution >= 4 is 17.2 Å². The van der Waals surface area contributed by atoms with Gasteiger partial charge in [-0.15, -0.1) is 11.3 Å². The summed E-state index contributed by atoms with van der Waals surface area (Å²) >= 11 is 1.61. The van der Waals surface area contributed by atoms with E-state index in [1.165, 1.54) is 5.56 Å². The lowest BCUT2D eigenvalue weighted by Gasteiger charge is -2.24. The molecule has 5 heteroatoms. The lowest BCUT2D eigenvalue weighted by atomic mass is 10.1. The van der Waals surface area contributed by atoms with Crippen LogP contribution in [0.15, 0.2) is 29.6 Å². The number of carbonyl (C=O) groups excluding carboxylic acids is 1. The molecule has 0 aliphatic carbocycles. The van der Waals surface area contributed by atoms with Crippen LogP contribution in [0.4, 0.5) is 0 Å². The largest absolute Gasteiger partial charge is 0.338 e. The fourth-order valence-corrected chi connectivity index (χ4v) is 3.98. The van der Waals surface area contributed by atoms with Crippen LogP contribution in [0, 0.1) is 6.92 Å². The zero-order valence-electron chi connectivity index (χ0n) is 13.7. The summed E-state index contributed by atoms with van der Waals surface area (Å²) in [5.74, 6) is 0.198. The Hall–Kier alpha value is -1.72. The van der Waals surface area contributed by atoms with E-state index in [-0.39, 0.29) is 5.91 Å². The number of amides is 1. The van der Waals surface area contributed by atoms with Crippen LogP contribution in [-0.4, -0.2) is 42.0 Å². The molecule has 1 fully saturated rings. The first-order chi connectivity index (χ1) is 11.2. The normalized spacial score (nSPS) is 17.7. The fraction of sp³-hybridized carbons (Fsp3) is 0.444. The smallest absolute Gasteiger partial charge is 0.228 e. The minimum absolute atomic E-state index is 0.198. The second kappa shape index (κ2) is 7.23. The number of hydrogen-bond donors (Lipinski definition) is 1. The molecule has 23 heavy (non-hydrogen) atoms. The van der Waals surface area contributed by atoms with E-state index in [1.807, 2.05) is 23.4 Å². The van der Waals surface area contributed by atoms with Crippen LogP contribution >= 0.6 is 11.3 Å². The highest BCUT2D eigenvalue weighted by Crippen LogP contribution is 2.25. The van der Waals surface area contributed by atoms with Gasteiger partial charge in [-0.2, -0.15) is 0 Å². The molecule has 1 unspecified atom stereocenters. The Balaban J connectivity index is 1.68. The summed E-state index contributed by atoms with van der Waals surface area (Å²) in [6, 6.07) is 8.66. The Morgan fingerprint density at radius 3 is 3.13 bits per heavy atom. The van der Waals surface area contributed by atoms with Crippen molar-refractivity contribution < 1.29 is 4.79 Å². The first kappa shape index (κ1) is 16.1. The predicted molar refractivity (Wildman–Crippen MR) is 94.7 cm³/mol. The number of aryl methyl sites for hydroxylation is 1. The van der Waals surface area contributed by atoms with Gasteiger partial charge in [-0.1, -0.05) is 23.8 Å². The number of aromatic nitrogens is 1. The highest BCUT2D eigenvalue weighted by Gasteiger charge is 2.28. The summed E-state index contributed by atoms with van der Waals surface area (Å²) in [5.41, 5.74) is 3.23. The summed E-state index contributed by atoms with van der Waals surface area (Å²) in [4.78, 5) is 19.2. The number of nitrogens with one attached hydrogen (secondary N) is 1. The Labute approximate surface area is 141 Å². The second-order valence-electron chi connectivity index (χ2n) is 6.13. The molecule has 2 aromatic rings. The van der Waals surface area contributed by atoms with Crippen LogP contribution in [0.5, 0.6) is 0 Å². The maximum Gasteiger partial charge on any atom is 0.228 e.